The molecule has 8 heteroatoms. The van der Waals surface area contributed by atoms with Crippen LogP contribution in [0.3, 0.4) is 0 Å². The standard InChI is InChI=1S/C18H13F4N3O/c19-12-3-1-2-10(8-12)15-14-9-11(18(20,21)22)6-7-25(14)17(24-16(15)26)23-13-4-5-13/h1-3,6-9,13H,4-5H2,(H,23,24,26). The van der Waals surface area contributed by atoms with Gasteiger partial charge in [0, 0.05) is 12.2 Å². The van der Waals surface area contributed by atoms with Crippen LogP contribution in [0, 0.1) is 5.82 Å². The molecule has 1 aliphatic carbocycles. The van der Waals surface area contributed by atoms with Gasteiger partial charge in [-0.2, -0.15) is 18.2 Å². The molecule has 2 aromatic heterocycles. The minimum atomic E-state index is -4.57. The van der Waals surface area contributed by atoms with E-state index in [9.17, 15) is 22.4 Å². The van der Waals surface area contributed by atoms with Crippen LogP contribution < -0.4 is 10.9 Å². The summed E-state index contributed by atoms with van der Waals surface area (Å²) in [5.74, 6) is -0.409. The fourth-order valence-electron chi connectivity index (χ4n) is 2.80. The zero-order valence-corrected chi connectivity index (χ0v) is 13.3. The molecule has 0 radical (unpaired) electrons. The van der Waals surface area contributed by atoms with Crippen LogP contribution in [0.5, 0.6) is 0 Å². The average Bonchev–Trinajstić information content (AvgIpc) is 3.37. The number of nitrogens with zero attached hydrogens (tertiary/aromatic N) is 2. The Labute approximate surface area is 145 Å². The van der Waals surface area contributed by atoms with Crippen LogP contribution in [0.1, 0.15) is 18.4 Å². The van der Waals surface area contributed by atoms with Gasteiger partial charge in [-0.3, -0.25) is 9.20 Å². The van der Waals surface area contributed by atoms with Crippen LogP contribution in [-0.4, -0.2) is 15.4 Å². The van der Waals surface area contributed by atoms with Crippen molar-refractivity contribution >= 4 is 11.5 Å². The molecule has 1 saturated carbocycles. The molecule has 1 N–H and O–H groups in total. The molecular weight excluding hydrogens is 350 g/mol. The summed E-state index contributed by atoms with van der Waals surface area (Å²) >= 11 is 0. The molecule has 3 aromatic rings. The number of hydrogen-bond acceptors (Lipinski definition) is 3. The molecule has 0 amide bonds. The highest BCUT2D eigenvalue weighted by molar-refractivity contribution is 5.81. The summed E-state index contributed by atoms with van der Waals surface area (Å²) in [6, 6.07) is 7.13. The van der Waals surface area contributed by atoms with Crippen LogP contribution >= 0.6 is 0 Å². The molecule has 1 fully saturated rings. The molecular formula is C18H13F4N3O. The summed E-state index contributed by atoms with van der Waals surface area (Å²) in [5.41, 5.74) is -1.47. The van der Waals surface area contributed by atoms with Crippen LogP contribution in [0.2, 0.25) is 0 Å². The Morgan fingerprint density at radius 3 is 2.58 bits per heavy atom. The molecule has 0 unspecified atom stereocenters. The number of fused-ring (bicyclic) bond motifs is 1. The van der Waals surface area contributed by atoms with Crippen molar-refractivity contribution in [1.29, 1.82) is 0 Å². The van der Waals surface area contributed by atoms with Crippen LogP contribution in [0.25, 0.3) is 16.6 Å². The monoisotopic (exact) mass is 363 g/mol. The number of pyridine rings is 1. The van der Waals surface area contributed by atoms with E-state index in [-0.39, 0.29) is 28.6 Å². The smallest absolute Gasteiger partial charge is 0.353 e. The summed E-state index contributed by atoms with van der Waals surface area (Å²) in [5, 5.41) is 3.04. The van der Waals surface area contributed by atoms with Gasteiger partial charge in [-0.25, -0.2) is 4.39 Å². The number of rotatable bonds is 3. The highest BCUT2D eigenvalue weighted by Crippen LogP contribution is 2.33. The van der Waals surface area contributed by atoms with Crippen molar-refractivity contribution in [2.45, 2.75) is 25.1 Å². The quantitative estimate of drug-likeness (QED) is 0.713. The molecule has 2 heterocycles. The second-order valence-corrected chi connectivity index (χ2v) is 6.21. The molecule has 4 nitrogen and oxygen atoms in total. The second-order valence-electron chi connectivity index (χ2n) is 6.21. The zero-order valence-electron chi connectivity index (χ0n) is 13.3. The first-order valence-electron chi connectivity index (χ1n) is 7.99. The van der Waals surface area contributed by atoms with Crippen molar-refractivity contribution in [3.8, 4) is 11.1 Å². The predicted octanol–water partition coefficient (Wildman–Crippen LogP) is 4.09. The second kappa shape index (κ2) is 5.82. The van der Waals surface area contributed by atoms with Crippen molar-refractivity contribution < 1.29 is 17.6 Å². The molecule has 0 aliphatic heterocycles. The van der Waals surface area contributed by atoms with Gasteiger partial charge < -0.3 is 5.32 Å². The molecule has 0 atom stereocenters. The van der Waals surface area contributed by atoms with Gasteiger partial charge in [-0.05, 0) is 42.7 Å². The largest absolute Gasteiger partial charge is 0.416 e. The van der Waals surface area contributed by atoms with E-state index in [2.05, 4.69) is 10.3 Å². The number of hydrogen-bond donors (Lipinski definition) is 1. The van der Waals surface area contributed by atoms with Crippen molar-refractivity contribution in [2.24, 2.45) is 0 Å². The normalized spacial score (nSPS) is 14.6. The maximum Gasteiger partial charge on any atom is 0.416 e. The minimum absolute atomic E-state index is 0.0218. The lowest BCUT2D eigenvalue weighted by Gasteiger charge is -2.15. The maximum absolute atomic E-state index is 13.6. The van der Waals surface area contributed by atoms with Crippen molar-refractivity contribution in [2.75, 3.05) is 5.32 Å². The van der Waals surface area contributed by atoms with Gasteiger partial charge >= 0.3 is 6.18 Å². The molecule has 1 aromatic carbocycles. The lowest BCUT2D eigenvalue weighted by Crippen LogP contribution is -2.19. The van der Waals surface area contributed by atoms with Crippen LogP contribution in [0.4, 0.5) is 23.5 Å². The van der Waals surface area contributed by atoms with Crippen molar-refractivity contribution in [1.82, 2.24) is 9.38 Å². The van der Waals surface area contributed by atoms with Crippen LogP contribution in [0.15, 0.2) is 47.4 Å². The van der Waals surface area contributed by atoms with Crippen molar-refractivity contribution in [3.63, 3.8) is 0 Å². The van der Waals surface area contributed by atoms with E-state index in [1.807, 2.05) is 0 Å². The third-order valence-corrected chi connectivity index (χ3v) is 4.21. The first-order valence-corrected chi connectivity index (χ1v) is 7.99. The molecule has 0 saturated heterocycles. The zero-order chi connectivity index (χ0) is 18.5. The Bertz CT molecular complexity index is 1050. The van der Waals surface area contributed by atoms with E-state index in [4.69, 9.17) is 0 Å². The minimum Gasteiger partial charge on any atom is -0.353 e. The van der Waals surface area contributed by atoms with E-state index in [0.29, 0.717) is 0 Å². The number of aromatic nitrogens is 2. The SMILES string of the molecule is O=c1nc(NC2CC2)n2ccc(C(F)(F)F)cc2c1-c1cccc(F)c1. The maximum atomic E-state index is 13.6. The van der Waals surface area contributed by atoms with Crippen LogP contribution in [-0.2, 0) is 6.18 Å². The lowest BCUT2D eigenvalue weighted by atomic mass is 10.0. The Morgan fingerprint density at radius 2 is 1.92 bits per heavy atom. The van der Waals surface area contributed by atoms with Gasteiger partial charge in [0.25, 0.3) is 5.56 Å². The third-order valence-electron chi connectivity index (χ3n) is 4.21. The lowest BCUT2D eigenvalue weighted by molar-refractivity contribution is -0.137. The Balaban J connectivity index is 2.02. The molecule has 4 rings (SSSR count). The highest BCUT2D eigenvalue weighted by Gasteiger charge is 2.31. The fourth-order valence-corrected chi connectivity index (χ4v) is 2.80. The van der Waals surface area contributed by atoms with E-state index in [1.54, 1.807) is 0 Å². The summed E-state index contributed by atoms with van der Waals surface area (Å²) in [4.78, 5) is 16.5. The topological polar surface area (TPSA) is 46.4 Å². The summed E-state index contributed by atoms with van der Waals surface area (Å²) in [6.07, 6.45) is -1.53. The molecule has 1 aliphatic rings. The summed E-state index contributed by atoms with van der Waals surface area (Å²) in [6.45, 7) is 0. The predicted molar refractivity (Wildman–Crippen MR) is 88.5 cm³/mol. The molecule has 0 spiro atoms. The van der Waals surface area contributed by atoms with Gasteiger partial charge in [0.1, 0.15) is 5.82 Å². The van der Waals surface area contributed by atoms with E-state index in [1.165, 1.54) is 28.8 Å². The number of halogens is 4. The van der Waals surface area contributed by atoms with Gasteiger partial charge in [-0.1, -0.05) is 12.1 Å². The van der Waals surface area contributed by atoms with E-state index in [0.717, 1.165) is 31.0 Å². The Kier molecular flexibility index (Phi) is 3.71. The van der Waals surface area contributed by atoms with Gasteiger partial charge in [0.15, 0.2) is 0 Å². The summed E-state index contributed by atoms with van der Waals surface area (Å²) in [7, 11) is 0. The number of anilines is 1. The number of nitrogens with one attached hydrogen (secondary N) is 1. The van der Waals surface area contributed by atoms with E-state index < -0.39 is 23.1 Å². The number of benzene rings is 1. The Morgan fingerprint density at radius 1 is 1.15 bits per heavy atom. The molecule has 26 heavy (non-hydrogen) atoms. The number of alkyl halides is 3. The first-order chi connectivity index (χ1) is 12.3. The highest BCUT2D eigenvalue weighted by atomic mass is 19.4. The average molecular weight is 363 g/mol. The van der Waals surface area contributed by atoms with Gasteiger partial charge in [0.2, 0.25) is 5.95 Å². The fraction of sp³-hybridized carbons (Fsp3) is 0.222. The van der Waals surface area contributed by atoms with Gasteiger partial charge in [-0.15, -0.1) is 0 Å². The Hall–Kier alpha value is -2.90. The third kappa shape index (κ3) is 3.02. The molecule has 0 bridgehead atoms. The first kappa shape index (κ1) is 16.6. The van der Waals surface area contributed by atoms with E-state index >= 15 is 0 Å². The summed E-state index contributed by atoms with van der Waals surface area (Å²) < 4.78 is 54.5. The molecule has 134 valence electrons. The van der Waals surface area contributed by atoms with Crippen molar-refractivity contribution in [3.05, 3.63) is 64.3 Å². The van der Waals surface area contributed by atoms with Gasteiger partial charge in [0.05, 0.1) is 16.6 Å².